The second kappa shape index (κ2) is 5.25. The molecule has 1 aliphatic heterocycles. The second-order valence-corrected chi connectivity index (χ2v) is 5.27. The number of ether oxygens (including phenoxy) is 2. The Morgan fingerprint density at radius 3 is 3.00 bits per heavy atom. The lowest BCUT2D eigenvalue weighted by Crippen LogP contribution is -2.56. The van der Waals surface area contributed by atoms with Gasteiger partial charge in [-0.05, 0) is 24.8 Å². The molecule has 0 radical (unpaired) electrons. The van der Waals surface area contributed by atoms with Crippen LogP contribution in [0.3, 0.4) is 0 Å². The first-order valence-corrected chi connectivity index (χ1v) is 6.84. The molecule has 5 nitrogen and oxygen atoms in total. The van der Waals surface area contributed by atoms with Crippen molar-refractivity contribution in [2.75, 3.05) is 6.61 Å². The van der Waals surface area contributed by atoms with Gasteiger partial charge in [-0.1, -0.05) is 30.3 Å². The van der Waals surface area contributed by atoms with Gasteiger partial charge in [0.1, 0.15) is 18.8 Å². The molecule has 1 heterocycles. The van der Waals surface area contributed by atoms with Crippen LogP contribution in [0.5, 0.6) is 0 Å². The van der Waals surface area contributed by atoms with Crippen LogP contribution in [0.15, 0.2) is 30.3 Å². The van der Waals surface area contributed by atoms with E-state index in [0.29, 0.717) is 6.42 Å². The molecule has 2 atom stereocenters. The summed E-state index contributed by atoms with van der Waals surface area (Å²) >= 11 is 0. The van der Waals surface area contributed by atoms with Crippen molar-refractivity contribution in [2.45, 2.75) is 37.5 Å². The monoisotopic (exact) mass is 275 g/mol. The number of hydrogen-bond acceptors (Lipinski definition) is 4. The van der Waals surface area contributed by atoms with E-state index in [-0.39, 0.29) is 25.1 Å². The number of fused-ring (bicyclic) bond motifs is 1. The third kappa shape index (κ3) is 2.29. The molecule has 1 saturated heterocycles. The summed E-state index contributed by atoms with van der Waals surface area (Å²) in [5, 5.41) is 2.74. The molecule has 106 valence electrons. The average molecular weight is 275 g/mol. The molecule has 2 fully saturated rings. The van der Waals surface area contributed by atoms with Crippen LogP contribution in [0.2, 0.25) is 0 Å². The molecule has 1 aromatic carbocycles. The molecule has 2 aliphatic rings. The number of rotatable bonds is 3. The van der Waals surface area contributed by atoms with Gasteiger partial charge >= 0.3 is 6.09 Å². The number of hydrogen-bond donors (Lipinski definition) is 1. The lowest BCUT2D eigenvalue weighted by atomic mass is 9.93. The Hall–Kier alpha value is -1.88. The van der Waals surface area contributed by atoms with Crippen LogP contribution in [0.25, 0.3) is 0 Å². The molecule has 0 unspecified atom stereocenters. The van der Waals surface area contributed by atoms with Crippen LogP contribution >= 0.6 is 0 Å². The fraction of sp³-hybridized carbons (Fsp3) is 0.467. The van der Waals surface area contributed by atoms with E-state index in [1.165, 1.54) is 0 Å². The molecule has 1 aliphatic carbocycles. The largest absolute Gasteiger partial charge is 0.445 e. The van der Waals surface area contributed by atoms with Crippen molar-refractivity contribution in [1.82, 2.24) is 5.32 Å². The van der Waals surface area contributed by atoms with Gasteiger partial charge < -0.3 is 14.8 Å². The molecular formula is C15H17NO4. The average Bonchev–Trinajstić information content (AvgIpc) is 2.99. The maximum atomic E-state index is 12.0. The highest BCUT2D eigenvalue weighted by Gasteiger charge is 2.55. The molecular weight excluding hydrogens is 258 g/mol. The Morgan fingerprint density at radius 1 is 1.40 bits per heavy atom. The number of carbonyl (C=O) groups excluding carboxylic acids is 2. The summed E-state index contributed by atoms with van der Waals surface area (Å²) in [7, 11) is 0. The van der Waals surface area contributed by atoms with E-state index in [2.05, 4.69) is 5.32 Å². The molecule has 1 aromatic rings. The summed E-state index contributed by atoms with van der Waals surface area (Å²) in [5.74, 6) is -0.0448. The van der Waals surface area contributed by atoms with Gasteiger partial charge in [-0.15, -0.1) is 0 Å². The van der Waals surface area contributed by atoms with Crippen LogP contribution in [0.4, 0.5) is 4.79 Å². The minimum atomic E-state index is -0.853. The number of nitrogens with one attached hydrogen (secondary N) is 1. The lowest BCUT2D eigenvalue weighted by molar-refractivity contribution is -0.122. The van der Waals surface area contributed by atoms with Gasteiger partial charge in [0, 0.05) is 0 Å². The van der Waals surface area contributed by atoms with Crippen LogP contribution in [-0.2, 0) is 20.9 Å². The summed E-state index contributed by atoms with van der Waals surface area (Å²) in [6.45, 7) is 0.284. The standard InChI is InChI=1S/C15H17NO4/c17-12-10-19-13-7-4-8-15(12,13)16-14(18)20-9-11-5-2-1-3-6-11/h1-3,5-6,13H,4,7-10H2,(H,16,18)/t13-,15+/m1/s1. The van der Waals surface area contributed by atoms with Gasteiger partial charge in [-0.25, -0.2) is 4.79 Å². The van der Waals surface area contributed by atoms with Crippen LogP contribution < -0.4 is 5.32 Å². The highest BCUT2D eigenvalue weighted by atomic mass is 16.6. The number of Topliss-reactive ketones (excluding diaryl/α,β-unsaturated/α-hetero) is 1. The zero-order chi connectivity index (χ0) is 14.0. The van der Waals surface area contributed by atoms with Crippen molar-refractivity contribution in [2.24, 2.45) is 0 Å². The quantitative estimate of drug-likeness (QED) is 0.913. The van der Waals surface area contributed by atoms with Crippen molar-refractivity contribution < 1.29 is 19.1 Å². The smallest absolute Gasteiger partial charge is 0.408 e. The molecule has 1 amide bonds. The van der Waals surface area contributed by atoms with Gasteiger partial charge in [0.2, 0.25) is 0 Å². The van der Waals surface area contributed by atoms with E-state index in [4.69, 9.17) is 9.47 Å². The van der Waals surface area contributed by atoms with Gasteiger partial charge in [-0.3, -0.25) is 4.79 Å². The predicted molar refractivity (Wildman–Crippen MR) is 71.1 cm³/mol. The van der Waals surface area contributed by atoms with E-state index in [9.17, 15) is 9.59 Å². The summed E-state index contributed by atoms with van der Waals surface area (Å²) in [4.78, 5) is 23.9. The minimum absolute atomic E-state index is 0.0448. The Balaban J connectivity index is 1.60. The normalized spacial score (nSPS) is 28.2. The summed E-state index contributed by atoms with van der Waals surface area (Å²) in [6.07, 6.45) is 1.58. The fourth-order valence-corrected chi connectivity index (χ4v) is 2.98. The summed E-state index contributed by atoms with van der Waals surface area (Å²) in [5.41, 5.74) is 0.0606. The SMILES string of the molecule is O=C(N[C@]12CCC[C@H]1OCC2=O)OCc1ccccc1. The first-order chi connectivity index (χ1) is 9.71. The topological polar surface area (TPSA) is 64.6 Å². The van der Waals surface area contributed by atoms with Crippen molar-refractivity contribution >= 4 is 11.9 Å². The first-order valence-electron chi connectivity index (χ1n) is 6.84. The van der Waals surface area contributed by atoms with Gasteiger partial charge in [-0.2, -0.15) is 0 Å². The highest BCUT2D eigenvalue weighted by Crippen LogP contribution is 2.37. The van der Waals surface area contributed by atoms with Gasteiger partial charge in [0.05, 0.1) is 6.10 Å². The predicted octanol–water partition coefficient (Wildman–Crippen LogP) is 1.80. The maximum absolute atomic E-state index is 12.0. The minimum Gasteiger partial charge on any atom is -0.445 e. The molecule has 0 spiro atoms. The Morgan fingerprint density at radius 2 is 2.20 bits per heavy atom. The van der Waals surface area contributed by atoms with Crippen molar-refractivity contribution in [3.8, 4) is 0 Å². The van der Waals surface area contributed by atoms with Gasteiger partial charge in [0.15, 0.2) is 5.78 Å². The molecule has 20 heavy (non-hydrogen) atoms. The van der Waals surface area contributed by atoms with Crippen molar-refractivity contribution in [1.29, 1.82) is 0 Å². The number of benzene rings is 1. The molecule has 0 aromatic heterocycles. The zero-order valence-electron chi connectivity index (χ0n) is 11.1. The Bertz CT molecular complexity index is 516. The van der Waals surface area contributed by atoms with E-state index in [1.54, 1.807) is 0 Å². The van der Waals surface area contributed by atoms with Crippen molar-refractivity contribution in [3.05, 3.63) is 35.9 Å². The number of carbonyl (C=O) groups is 2. The third-order valence-corrected chi connectivity index (χ3v) is 4.04. The number of alkyl carbamates (subject to hydrolysis) is 1. The van der Waals surface area contributed by atoms with Crippen LogP contribution in [-0.4, -0.2) is 30.1 Å². The molecule has 3 rings (SSSR count). The highest BCUT2D eigenvalue weighted by molar-refractivity contribution is 5.95. The second-order valence-electron chi connectivity index (χ2n) is 5.27. The first kappa shape index (κ1) is 13.1. The maximum Gasteiger partial charge on any atom is 0.408 e. The molecule has 1 saturated carbocycles. The summed E-state index contributed by atoms with van der Waals surface area (Å²) < 4.78 is 10.6. The fourth-order valence-electron chi connectivity index (χ4n) is 2.98. The third-order valence-electron chi connectivity index (χ3n) is 4.04. The molecule has 5 heteroatoms. The summed E-state index contributed by atoms with van der Waals surface area (Å²) in [6, 6.07) is 9.44. The Labute approximate surface area is 117 Å². The molecule has 0 bridgehead atoms. The number of ketones is 1. The van der Waals surface area contributed by atoms with E-state index in [0.717, 1.165) is 18.4 Å². The van der Waals surface area contributed by atoms with Crippen LogP contribution in [0, 0.1) is 0 Å². The van der Waals surface area contributed by atoms with E-state index in [1.807, 2.05) is 30.3 Å². The Kier molecular flexibility index (Phi) is 3.44. The van der Waals surface area contributed by atoms with Crippen molar-refractivity contribution in [3.63, 3.8) is 0 Å². The van der Waals surface area contributed by atoms with E-state index >= 15 is 0 Å². The zero-order valence-corrected chi connectivity index (χ0v) is 11.1. The number of amides is 1. The van der Waals surface area contributed by atoms with Gasteiger partial charge in [0.25, 0.3) is 0 Å². The molecule has 1 N–H and O–H groups in total. The lowest BCUT2D eigenvalue weighted by Gasteiger charge is -2.26. The van der Waals surface area contributed by atoms with Crippen LogP contribution in [0.1, 0.15) is 24.8 Å². The van der Waals surface area contributed by atoms with E-state index < -0.39 is 11.6 Å².